The summed E-state index contributed by atoms with van der Waals surface area (Å²) in [7, 11) is 0. The largest absolute Gasteiger partial charge is 0.322 e. The van der Waals surface area contributed by atoms with Crippen molar-refractivity contribution in [3.05, 3.63) is 69.3 Å². The molecular formula is C15H13ClN2O3. The smallest absolute Gasteiger partial charge is 0.269 e. The van der Waals surface area contributed by atoms with Gasteiger partial charge in [-0.25, -0.2) is 0 Å². The van der Waals surface area contributed by atoms with E-state index in [1.807, 2.05) is 6.07 Å². The third-order valence-corrected chi connectivity index (χ3v) is 3.32. The second-order valence-corrected chi connectivity index (χ2v) is 4.81. The number of nitrogens with zero attached hydrogens (tertiary/aromatic N) is 1. The number of nitrogens with one attached hydrogen (secondary N) is 1. The summed E-state index contributed by atoms with van der Waals surface area (Å²) in [5.74, 6) is 0.0523. The quantitative estimate of drug-likeness (QED) is 0.529. The number of carbonyl (C=O) groups is 1. The molecule has 0 saturated carbocycles. The molecule has 108 valence electrons. The number of alkyl halides is 1. The van der Waals surface area contributed by atoms with Crippen LogP contribution in [0.3, 0.4) is 0 Å². The molecule has 0 aromatic heterocycles. The van der Waals surface area contributed by atoms with Crippen LogP contribution in [0.15, 0.2) is 42.5 Å². The van der Waals surface area contributed by atoms with Crippen LogP contribution in [-0.4, -0.2) is 10.8 Å². The number of benzene rings is 2. The Morgan fingerprint density at radius 2 is 2.05 bits per heavy atom. The lowest BCUT2D eigenvalue weighted by molar-refractivity contribution is -0.384. The second-order valence-electron chi connectivity index (χ2n) is 4.54. The number of aryl methyl sites for hydroxylation is 1. The summed E-state index contributed by atoms with van der Waals surface area (Å²) >= 11 is 5.74. The van der Waals surface area contributed by atoms with E-state index in [0.717, 1.165) is 5.56 Å². The average molecular weight is 305 g/mol. The molecule has 2 aromatic carbocycles. The molecule has 0 unspecified atom stereocenters. The maximum atomic E-state index is 12.2. The molecule has 0 saturated heterocycles. The summed E-state index contributed by atoms with van der Waals surface area (Å²) in [4.78, 5) is 22.4. The van der Waals surface area contributed by atoms with Crippen molar-refractivity contribution in [2.24, 2.45) is 0 Å². The van der Waals surface area contributed by atoms with Crippen molar-refractivity contribution in [3.63, 3.8) is 0 Å². The highest BCUT2D eigenvalue weighted by Crippen LogP contribution is 2.22. The van der Waals surface area contributed by atoms with E-state index in [4.69, 9.17) is 11.6 Å². The van der Waals surface area contributed by atoms with Gasteiger partial charge in [-0.3, -0.25) is 14.9 Å². The Hall–Kier alpha value is -2.40. The number of rotatable bonds is 4. The molecule has 0 heterocycles. The standard InChI is InChI=1S/C15H13ClN2O3/c1-10-7-13(18(20)21)5-6-14(10)17-15(19)12-4-2-3-11(8-12)9-16/h2-8H,9H2,1H3,(H,17,19). The van der Waals surface area contributed by atoms with Crippen LogP contribution in [0.1, 0.15) is 21.5 Å². The van der Waals surface area contributed by atoms with Gasteiger partial charge in [0.25, 0.3) is 11.6 Å². The van der Waals surface area contributed by atoms with Crippen LogP contribution in [0.25, 0.3) is 0 Å². The molecule has 0 bridgehead atoms. The Labute approximate surface area is 126 Å². The van der Waals surface area contributed by atoms with Gasteiger partial charge in [-0.15, -0.1) is 11.6 Å². The van der Waals surface area contributed by atoms with E-state index in [9.17, 15) is 14.9 Å². The highest BCUT2D eigenvalue weighted by atomic mass is 35.5. The zero-order valence-electron chi connectivity index (χ0n) is 11.3. The topological polar surface area (TPSA) is 72.2 Å². The SMILES string of the molecule is Cc1cc([N+](=O)[O-])ccc1NC(=O)c1cccc(CCl)c1. The lowest BCUT2D eigenvalue weighted by atomic mass is 10.1. The van der Waals surface area contributed by atoms with E-state index < -0.39 is 4.92 Å². The first-order valence-electron chi connectivity index (χ1n) is 6.22. The van der Waals surface area contributed by atoms with Crippen LogP contribution < -0.4 is 5.32 Å². The number of hydrogen-bond donors (Lipinski definition) is 1. The number of halogens is 1. The summed E-state index contributed by atoms with van der Waals surface area (Å²) < 4.78 is 0. The lowest BCUT2D eigenvalue weighted by Crippen LogP contribution is -2.13. The van der Waals surface area contributed by atoms with Gasteiger partial charge in [0.1, 0.15) is 0 Å². The molecule has 0 aliphatic rings. The molecule has 1 N–H and O–H groups in total. The molecule has 0 aliphatic heterocycles. The van der Waals surface area contributed by atoms with Gasteiger partial charge in [0.15, 0.2) is 0 Å². The first-order chi connectivity index (χ1) is 10.0. The molecule has 5 nitrogen and oxygen atoms in total. The zero-order chi connectivity index (χ0) is 15.4. The minimum absolute atomic E-state index is 0.00497. The van der Waals surface area contributed by atoms with E-state index in [0.29, 0.717) is 22.7 Å². The third-order valence-electron chi connectivity index (χ3n) is 3.01. The van der Waals surface area contributed by atoms with Gasteiger partial charge in [-0.05, 0) is 36.2 Å². The first kappa shape index (κ1) is 15.0. The zero-order valence-corrected chi connectivity index (χ0v) is 12.1. The fourth-order valence-electron chi connectivity index (χ4n) is 1.89. The summed E-state index contributed by atoms with van der Waals surface area (Å²) in [5.41, 5.74) is 2.51. The molecule has 21 heavy (non-hydrogen) atoms. The molecule has 6 heteroatoms. The Morgan fingerprint density at radius 1 is 1.29 bits per heavy atom. The van der Waals surface area contributed by atoms with Crippen LogP contribution in [0.2, 0.25) is 0 Å². The molecular weight excluding hydrogens is 292 g/mol. The van der Waals surface area contributed by atoms with Crippen molar-refractivity contribution in [1.29, 1.82) is 0 Å². The number of hydrogen-bond acceptors (Lipinski definition) is 3. The minimum Gasteiger partial charge on any atom is -0.322 e. The first-order valence-corrected chi connectivity index (χ1v) is 6.76. The second kappa shape index (κ2) is 6.37. The van der Waals surface area contributed by atoms with Crippen molar-refractivity contribution in [2.75, 3.05) is 5.32 Å². The summed E-state index contributed by atoms with van der Waals surface area (Å²) in [6.07, 6.45) is 0. The molecule has 1 amide bonds. The number of anilines is 1. The van der Waals surface area contributed by atoms with Crippen molar-refractivity contribution < 1.29 is 9.72 Å². The van der Waals surface area contributed by atoms with Gasteiger partial charge in [-0.2, -0.15) is 0 Å². The molecule has 0 radical (unpaired) electrons. The third kappa shape index (κ3) is 3.58. The van der Waals surface area contributed by atoms with Gasteiger partial charge < -0.3 is 5.32 Å². The molecule has 0 atom stereocenters. The van der Waals surface area contributed by atoms with E-state index in [1.165, 1.54) is 18.2 Å². The number of nitro groups is 1. The van der Waals surface area contributed by atoms with Crippen molar-refractivity contribution in [2.45, 2.75) is 12.8 Å². The monoisotopic (exact) mass is 304 g/mol. The number of carbonyl (C=O) groups excluding carboxylic acids is 1. The van der Waals surface area contributed by atoms with Crippen molar-refractivity contribution in [1.82, 2.24) is 0 Å². The summed E-state index contributed by atoms with van der Waals surface area (Å²) in [6.45, 7) is 1.71. The van der Waals surface area contributed by atoms with Crippen molar-refractivity contribution >= 4 is 28.9 Å². The van der Waals surface area contributed by atoms with E-state index in [1.54, 1.807) is 25.1 Å². The van der Waals surface area contributed by atoms with Crippen LogP contribution in [0.5, 0.6) is 0 Å². The Morgan fingerprint density at radius 3 is 2.67 bits per heavy atom. The maximum absolute atomic E-state index is 12.2. The number of amides is 1. The van der Waals surface area contributed by atoms with Gasteiger partial charge in [0, 0.05) is 29.3 Å². The normalized spacial score (nSPS) is 10.2. The molecule has 0 aliphatic carbocycles. The van der Waals surface area contributed by atoms with Crippen LogP contribution in [0.4, 0.5) is 11.4 Å². The molecule has 0 fully saturated rings. The van der Waals surface area contributed by atoms with E-state index in [-0.39, 0.29) is 11.6 Å². The highest BCUT2D eigenvalue weighted by Gasteiger charge is 2.11. The Balaban J connectivity index is 2.21. The van der Waals surface area contributed by atoms with Crippen LogP contribution >= 0.6 is 11.6 Å². The predicted octanol–water partition coefficient (Wildman–Crippen LogP) is 3.89. The lowest BCUT2D eigenvalue weighted by Gasteiger charge is -2.09. The van der Waals surface area contributed by atoms with Crippen molar-refractivity contribution in [3.8, 4) is 0 Å². The van der Waals surface area contributed by atoms with Crippen LogP contribution in [-0.2, 0) is 5.88 Å². The van der Waals surface area contributed by atoms with E-state index >= 15 is 0 Å². The minimum atomic E-state index is -0.470. The van der Waals surface area contributed by atoms with Gasteiger partial charge >= 0.3 is 0 Å². The van der Waals surface area contributed by atoms with Gasteiger partial charge in [-0.1, -0.05) is 12.1 Å². The fraction of sp³-hybridized carbons (Fsp3) is 0.133. The van der Waals surface area contributed by atoms with E-state index in [2.05, 4.69) is 5.32 Å². The van der Waals surface area contributed by atoms with Crippen LogP contribution in [0, 0.1) is 17.0 Å². The highest BCUT2D eigenvalue weighted by molar-refractivity contribution is 6.17. The number of non-ortho nitro benzene ring substituents is 1. The summed E-state index contributed by atoms with van der Waals surface area (Å²) in [5, 5.41) is 13.4. The summed E-state index contributed by atoms with van der Waals surface area (Å²) in [6, 6.07) is 11.3. The molecule has 2 rings (SSSR count). The average Bonchev–Trinajstić information content (AvgIpc) is 2.49. The number of nitro benzene ring substituents is 1. The van der Waals surface area contributed by atoms with Gasteiger partial charge in [0.2, 0.25) is 0 Å². The van der Waals surface area contributed by atoms with Gasteiger partial charge in [0.05, 0.1) is 4.92 Å². The Kier molecular flexibility index (Phi) is 4.55. The maximum Gasteiger partial charge on any atom is 0.269 e. The Bertz CT molecular complexity index is 701. The predicted molar refractivity (Wildman–Crippen MR) is 81.8 cm³/mol. The molecule has 0 spiro atoms. The fourth-order valence-corrected chi connectivity index (χ4v) is 2.06. The molecule has 2 aromatic rings.